The van der Waals surface area contributed by atoms with Crippen molar-refractivity contribution in [2.45, 2.75) is 24.3 Å². The maximum absolute atomic E-state index is 13.5. The van der Waals surface area contributed by atoms with E-state index in [0.717, 1.165) is 19.2 Å². The van der Waals surface area contributed by atoms with Crippen molar-refractivity contribution >= 4 is 21.6 Å². The van der Waals surface area contributed by atoms with E-state index < -0.39 is 15.8 Å². The van der Waals surface area contributed by atoms with Gasteiger partial charge in [0.2, 0.25) is 15.9 Å². The predicted molar refractivity (Wildman–Crippen MR) is 126 cm³/mol. The average Bonchev–Trinajstić information content (AvgIpc) is 3.34. The van der Waals surface area contributed by atoms with Gasteiger partial charge in [0, 0.05) is 51.5 Å². The molecule has 2 heterocycles. The summed E-state index contributed by atoms with van der Waals surface area (Å²) in [5, 5.41) is 0. The number of hydrogen-bond donors (Lipinski definition) is 0. The van der Waals surface area contributed by atoms with Gasteiger partial charge in [-0.1, -0.05) is 24.3 Å². The van der Waals surface area contributed by atoms with E-state index in [-0.39, 0.29) is 30.4 Å². The molecule has 0 radical (unpaired) electrons. The first-order valence-electron chi connectivity index (χ1n) is 11.4. The third-order valence-corrected chi connectivity index (χ3v) is 8.20. The van der Waals surface area contributed by atoms with Crippen LogP contribution >= 0.6 is 0 Å². The molecule has 178 valence electrons. The Balaban J connectivity index is 1.31. The van der Waals surface area contributed by atoms with Crippen LogP contribution in [0.4, 0.5) is 10.1 Å². The van der Waals surface area contributed by atoms with Crippen molar-refractivity contribution in [1.29, 1.82) is 0 Å². The van der Waals surface area contributed by atoms with E-state index >= 15 is 0 Å². The molecule has 2 aromatic carbocycles. The van der Waals surface area contributed by atoms with Crippen LogP contribution in [0.3, 0.4) is 0 Å². The molecule has 2 fully saturated rings. The van der Waals surface area contributed by atoms with E-state index in [0.29, 0.717) is 19.6 Å². The SMILES string of the molecule is CN(CC(=O)N1CCN(S(=O)(=O)c2cccc(F)c2)CC1)Cc1ccccc1N1CCCC1. The minimum atomic E-state index is -3.77. The molecule has 0 bridgehead atoms. The second-order valence-corrected chi connectivity index (χ2v) is 10.7. The van der Waals surface area contributed by atoms with Crippen LogP contribution in [0.15, 0.2) is 53.4 Å². The number of piperazine rings is 1. The van der Waals surface area contributed by atoms with Gasteiger partial charge in [-0.3, -0.25) is 9.69 Å². The minimum absolute atomic E-state index is 0.0149. The molecular weight excluding hydrogens is 443 g/mol. The highest BCUT2D eigenvalue weighted by atomic mass is 32.2. The fraction of sp³-hybridized carbons (Fsp3) is 0.458. The summed E-state index contributed by atoms with van der Waals surface area (Å²) in [5.41, 5.74) is 2.45. The van der Waals surface area contributed by atoms with Gasteiger partial charge in [0.15, 0.2) is 0 Å². The summed E-state index contributed by atoms with van der Waals surface area (Å²) >= 11 is 0. The lowest BCUT2D eigenvalue weighted by atomic mass is 10.1. The van der Waals surface area contributed by atoms with Gasteiger partial charge in [-0.2, -0.15) is 4.31 Å². The molecule has 33 heavy (non-hydrogen) atoms. The van der Waals surface area contributed by atoms with Crippen molar-refractivity contribution < 1.29 is 17.6 Å². The van der Waals surface area contributed by atoms with Gasteiger partial charge in [0.1, 0.15) is 5.82 Å². The van der Waals surface area contributed by atoms with E-state index in [4.69, 9.17) is 0 Å². The molecule has 0 aliphatic carbocycles. The Morgan fingerprint density at radius 2 is 1.67 bits per heavy atom. The number of sulfonamides is 1. The average molecular weight is 475 g/mol. The summed E-state index contributed by atoms with van der Waals surface area (Å²) in [6, 6.07) is 13.4. The third kappa shape index (κ3) is 5.54. The fourth-order valence-corrected chi connectivity index (χ4v) is 6.00. The first-order valence-corrected chi connectivity index (χ1v) is 12.8. The largest absolute Gasteiger partial charge is 0.371 e. The molecule has 2 saturated heterocycles. The Morgan fingerprint density at radius 3 is 2.36 bits per heavy atom. The normalized spacial score (nSPS) is 17.7. The van der Waals surface area contributed by atoms with Crippen LogP contribution < -0.4 is 4.90 Å². The van der Waals surface area contributed by atoms with Crippen LogP contribution in [0.2, 0.25) is 0 Å². The number of nitrogens with zero attached hydrogens (tertiary/aromatic N) is 4. The summed E-state index contributed by atoms with van der Waals surface area (Å²) in [5.74, 6) is -0.599. The zero-order valence-corrected chi connectivity index (χ0v) is 19.8. The van der Waals surface area contributed by atoms with Gasteiger partial charge in [-0.15, -0.1) is 0 Å². The van der Waals surface area contributed by atoms with Gasteiger partial charge in [0.05, 0.1) is 11.4 Å². The van der Waals surface area contributed by atoms with E-state index in [1.54, 1.807) is 4.90 Å². The highest BCUT2D eigenvalue weighted by molar-refractivity contribution is 7.89. The van der Waals surface area contributed by atoms with E-state index in [1.165, 1.54) is 46.6 Å². The van der Waals surface area contributed by atoms with Crippen molar-refractivity contribution in [2.24, 2.45) is 0 Å². The number of carbonyl (C=O) groups is 1. The lowest BCUT2D eigenvalue weighted by Gasteiger charge is -2.35. The number of anilines is 1. The van der Waals surface area contributed by atoms with Crippen molar-refractivity contribution in [3.8, 4) is 0 Å². The molecule has 0 unspecified atom stereocenters. The summed E-state index contributed by atoms with van der Waals surface area (Å²) in [4.78, 5) is 18.9. The summed E-state index contributed by atoms with van der Waals surface area (Å²) < 4.78 is 40.4. The molecule has 2 aromatic rings. The van der Waals surface area contributed by atoms with Crippen LogP contribution in [-0.4, -0.2) is 81.3 Å². The topological polar surface area (TPSA) is 64.2 Å². The Labute approximate surface area is 195 Å². The van der Waals surface area contributed by atoms with Gasteiger partial charge < -0.3 is 9.80 Å². The molecular formula is C24H31FN4O3S. The number of carbonyl (C=O) groups excluding carboxylic acids is 1. The molecule has 0 N–H and O–H groups in total. The van der Waals surface area contributed by atoms with Crippen LogP contribution in [-0.2, 0) is 21.4 Å². The molecule has 2 aliphatic heterocycles. The molecule has 2 aliphatic rings. The van der Waals surface area contributed by atoms with Gasteiger partial charge >= 0.3 is 0 Å². The lowest BCUT2D eigenvalue weighted by Crippen LogP contribution is -2.52. The monoisotopic (exact) mass is 474 g/mol. The first-order chi connectivity index (χ1) is 15.8. The Bertz CT molecular complexity index is 1080. The second-order valence-electron chi connectivity index (χ2n) is 8.74. The van der Waals surface area contributed by atoms with Gasteiger partial charge in [-0.25, -0.2) is 12.8 Å². The maximum atomic E-state index is 13.5. The maximum Gasteiger partial charge on any atom is 0.243 e. The summed E-state index contributed by atoms with van der Waals surface area (Å²) in [6.45, 7) is 4.14. The second kappa shape index (κ2) is 10.2. The van der Waals surface area contributed by atoms with Crippen molar-refractivity contribution in [3.63, 3.8) is 0 Å². The Hall–Kier alpha value is -2.49. The molecule has 4 rings (SSSR count). The number of para-hydroxylation sites is 1. The molecule has 0 saturated carbocycles. The standard InChI is InChI=1S/C24H31FN4O3S/c1-26(18-20-7-2-3-10-23(20)27-11-4-5-12-27)19-24(30)28-13-15-29(16-14-28)33(31,32)22-9-6-8-21(25)17-22/h2-3,6-10,17H,4-5,11-16,18-19H2,1H3. The molecule has 0 atom stereocenters. The van der Waals surface area contributed by atoms with Crippen LogP contribution in [0.25, 0.3) is 0 Å². The van der Waals surface area contributed by atoms with Crippen LogP contribution in [0.1, 0.15) is 18.4 Å². The zero-order chi connectivity index (χ0) is 23.4. The summed E-state index contributed by atoms with van der Waals surface area (Å²) in [7, 11) is -1.84. The number of amides is 1. The smallest absolute Gasteiger partial charge is 0.243 e. The van der Waals surface area contributed by atoms with Gasteiger partial charge in [-0.05, 0) is 49.7 Å². The number of halogens is 1. The van der Waals surface area contributed by atoms with E-state index in [9.17, 15) is 17.6 Å². The predicted octanol–water partition coefficient (Wildman–Crippen LogP) is 2.39. The van der Waals surface area contributed by atoms with Gasteiger partial charge in [0.25, 0.3) is 0 Å². The number of hydrogen-bond acceptors (Lipinski definition) is 5. The van der Waals surface area contributed by atoms with E-state index in [2.05, 4.69) is 23.1 Å². The Kier molecular flexibility index (Phi) is 7.31. The highest BCUT2D eigenvalue weighted by Crippen LogP contribution is 2.25. The quantitative estimate of drug-likeness (QED) is 0.617. The van der Waals surface area contributed by atoms with Crippen LogP contribution in [0.5, 0.6) is 0 Å². The Morgan fingerprint density at radius 1 is 0.970 bits per heavy atom. The first kappa shape index (κ1) is 23.7. The highest BCUT2D eigenvalue weighted by Gasteiger charge is 2.30. The number of benzene rings is 2. The molecule has 0 aromatic heterocycles. The van der Waals surface area contributed by atoms with Crippen molar-refractivity contribution in [2.75, 3.05) is 57.8 Å². The molecule has 1 amide bonds. The van der Waals surface area contributed by atoms with Crippen LogP contribution in [0, 0.1) is 5.82 Å². The molecule has 7 nitrogen and oxygen atoms in total. The van der Waals surface area contributed by atoms with Crippen molar-refractivity contribution in [3.05, 3.63) is 59.9 Å². The lowest BCUT2D eigenvalue weighted by molar-refractivity contribution is -0.133. The van der Waals surface area contributed by atoms with E-state index in [1.807, 2.05) is 18.0 Å². The minimum Gasteiger partial charge on any atom is -0.371 e. The number of rotatable bonds is 7. The third-order valence-electron chi connectivity index (χ3n) is 6.31. The number of likely N-dealkylation sites (N-methyl/N-ethyl adjacent to an activating group) is 1. The zero-order valence-electron chi connectivity index (χ0n) is 19.0. The fourth-order valence-electron chi connectivity index (χ4n) is 4.54. The summed E-state index contributed by atoms with van der Waals surface area (Å²) in [6.07, 6.45) is 2.42. The molecule has 0 spiro atoms. The van der Waals surface area contributed by atoms with Crippen molar-refractivity contribution in [1.82, 2.24) is 14.1 Å². The molecule has 9 heteroatoms.